The number of hydrogen-bond acceptors (Lipinski definition) is 6. The summed E-state index contributed by atoms with van der Waals surface area (Å²) in [5.74, 6) is -1.04. The monoisotopic (exact) mass is 1040 g/mol. The van der Waals surface area contributed by atoms with Crippen molar-refractivity contribution in [3.63, 3.8) is 0 Å². The Morgan fingerprint density at radius 2 is 0.547 bits per heavy atom. The zero-order chi connectivity index (χ0) is 54.3. The van der Waals surface area contributed by atoms with E-state index in [1.54, 1.807) is 0 Å². The Kier molecular flexibility index (Phi) is 58.4. The molecule has 0 heterocycles. The Morgan fingerprint density at radius 1 is 0.280 bits per heavy atom. The normalized spacial score (nSPS) is 13.1. The second kappa shape index (κ2) is 62.1. The SMILES string of the molecule is CC/C=C\C/C=C\C/C=C\C/C=C\C/C=C\C/C=C\CCC(=O)O[C@H](COC(=O)CCCCC/C=C\C/C=C\C/C=C\C/C=C\CCCCC)COC(=O)CCCCCCCCCCC/C=C\CCCCCCCC. The van der Waals surface area contributed by atoms with Crippen LogP contribution in [0, 0.1) is 0 Å². The number of ether oxygens (including phenoxy) is 3. The Labute approximate surface area is 462 Å². The Morgan fingerprint density at radius 3 is 0.920 bits per heavy atom. The van der Waals surface area contributed by atoms with Crippen LogP contribution in [0.3, 0.4) is 0 Å². The first-order valence-electron chi connectivity index (χ1n) is 30.7. The van der Waals surface area contributed by atoms with Crippen LogP contribution in [-0.2, 0) is 28.6 Å². The Balaban J connectivity index is 4.57. The molecule has 6 heteroatoms. The maximum atomic E-state index is 12.9. The highest BCUT2D eigenvalue weighted by molar-refractivity contribution is 5.71. The van der Waals surface area contributed by atoms with Crippen molar-refractivity contribution in [3.8, 4) is 0 Å². The minimum Gasteiger partial charge on any atom is -0.462 e. The van der Waals surface area contributed by atoms with Gasteiger partial charge in [0.1, 0.15) is 13.2 Å². The smallest absolute Gasteiger partial charge is 0.306 e. The van der Waals surface area contributed by atoms with Crippen LogP contribution in [0.1, 0.15) is 265 Å². The molecule has 75 heavy (non-hydrogen) atoms. The molecule has 0 radical (unpaired) electrons. The third-order valence-corrected chi connectivity index (χ3v) is 12.6. The molecule has 0 aromatic rings. The number of allylic oxidation sites excluding steroid dienone is 22. The highest BCUT2D eigenvalue weighted by atomic mass is 16.6. The number of carbonyl (C=O) groups excluding carboxylic acids is 3. The number of unbranched alkanes of at least 4 members (excludes halogenated alkanes) is 21. The topological polar surface area (TPSA) is 78.9 Å². The number of carbonyl (C=O) groups is 3. The largest absolute Gasteiger partial charge is 0.462 e. The van der Waals surface area contributed by atoms with Gasteiger partial charge in [-0.05, 0) is 128 Å². The van der Waals surface area contributed by atoms with Gasteiger partial charge in [0.05, 0.1) is 0 Å². The molecule has 0 unspecified atom stereocenters. The lowest BCUT2D eigenvalue weighted by molar-refractivity contribution is -0.166. The molecular formula is C69H112O6. The van der Waals surface area contributed by atoms with Crippen LogP contribution in [0.2, 0.25) is 0 Å². The van der Waals surface area contributed by atoms with Crippen molar-refractivity contribution in [1.29, 1.82) is 0 Å². The summed E-state index contributed by atoms with van der Waals surface area (Å²) in [6, 6.07) is 0. The molecular weight excluding hydrogens is 925 g/mol. The summed E-state index contributed by atoms with van der Waals surface area (Å²) in [6.45, 7) is 6.41. The van der Waals surface area contributed by atoms with Gasteiger partial charge in [-0.1, -0.05) is 251 Å². The van der Waals surface area contributed by atoms with E-state index in [2.05, 4.69) is 142 Å². The first-order valence-corrected chi connectivity index (χ1v) is 30.7. The summed E-state index contributed by atoms with van der Waals surface area (Å²) in [5.41, 5.74) is 0. The minimum absolute atomic E-state index is 0.123. The zero-order valence-corrected chi connectivity index (χ0v) is 48.5. The van der Waals surface area contributed by atoms with Gasteiger partial charge in [0.2, 0.25) is 0 Å². The lowest BCUT2D eigenvalue weighted by Crippen LogP contribution is -2.30. The summed E-state index contributed by atoms with van der Waals surface area (Å²) in [5, 5.41) is 0. The molecule has 1 atom stereocenters. The quantitative estimate of drug-likeness (QED) is 0.0261. The van der Waals surface area contributed by atoms with E-state index in [1.807, 2.05) is 12.2 Å². The van der Waals surface area contributed by atoms with Gasteiger partial charge in [-0.2, -0.15) is 0 Å². The molecule has 0 aromatic carbocycles. The number of rotatable bonds is 54. The molecule has 6 nitrogen and oxygen atoms in total. The van der Waals surface area contributed by atoms with Gasteiger partial charge in [0, 0.05) is 19.3 Å². The van der Waals surface area contributed by atoms with E-state index in [0.717, 1.165) is 103 Å². The lowest BCUT2D eigenvalue weighted by atomic mass is 10.1. The highest BCUT2D eigenvalue weighted by Crippen LogP contribution is 2.14. The fourth-order valence-corrected chi connectivity index (χ4v) is 8.03. The molecule has 0 aliphatic heterocycles. The Bertz CT molecular complexity index is 1620. The van der Waals surface area contributed by atoms with E-state index in [-0.39, 0.29) is 31.6 Å². The van der Waals surface area contributed by atoms with Crippen molar-refractivity contribution in [2.45, 2.75) is 271 Å². The van der Waals surface area contributed by atoms with Crippen LogP contribution < -0.4 is 0 Å². The van der Waals surface area contributed by atoms with Gasteiger partial charge < -0.3 is 14.2 Å². The summed E-state index contributed by atoms with van der Waals surface area (Å²) in [7, 11) is 0. The standard InChI is InChI=1S/C69H112O6/c1-4-7-10-13-16-19-22-25-28-31-34-37-40-43-46-49-52-55-58-61-67(70)73-64-66(75-69(72)63-60-57-54-51-48-45-42-39-36-33-30-27-24-21-18-15-12-9-6-3)65-74-68(71)62-59-56-53-50-47-44-41-38-35-32-29-26-23-20-17-14-11-8-5-2/h9,12,16,18-19,21,25-30,34,36-37,39,43,45-46,48,54,57,66H,4-8,10-11,13-15,17,20,22-24,31-33,35,38,40-42,44,47,49-53,55-56,58-65H2,1-3H3/b12-9-,19-16-,21-18-,28-25-,29-26-,30-27-,37-34-,39-36-,46-43-,48-45-,57-54-/t66-/m1/s1. The van der Waals surface area contributed by atoms with Crippen LogP contribution in [0.15, 0.2) is 134 Å². The predicted molar refractivity (Wildman–Crippen MR) is 325 cm³/mol. The first kappa shape index (κ1) is 70.5. The summed E-state index contributed by atoms with van der Waals surface area (Å²) < 4.78 is 16.8. The van der Waals surface area contributed by atoms with Crippen LogP contribution in [0.4, 0.5) is 0 Å². The molecule has 0 aromatic heterocycles. The fourth-order valence-electron chi connectivity index (χ4n) is 8.03. The predicted octanol–water partition coefficient (Wildman–Crippen LogP) is 21.0. The van der Waals surface area contributed by atoms with Crippen LogP contribution in [-0.4, -0.2) is 37.2 Å². The average molecular weight is 1040 g/mol. The van der Waals surface area contributed by atoms with E-state index in [9.17, 15) is 14.4 Å². The van der Waals surface area contributed by atoms with Gasteiger partial charge in [-0.15, -0.1) is 0 Å². The van der Waals surface area contributed by atoms with Crippen LogP contribution >= 0.6 is 0 Å². The van der Waals surface area contributed by atoms with E-state index < -0.39 is 12.1 Å². The van der Waals surface area contributed by atoms with Crippen molar-refractivity contribution in [2.75, 3.05) is 13.2 Å². The van der Waals surface area contributed by atoms with Gasteiger partial charge in [0.25, 0.3) is 0 Å². The van der Waals surface area contributed by atoms with Gasteiger partial charge in [-0.25, -0.2) is 0 Å². The number of esters is 3. The first-order chi connectivity index (χ1) is 37.0. The Hall–Kier alpha value is -4.45. The molecule has 0 spiro atoms. The zero-order valence-electron chi connectivity index (χ0n) is 48.5. The maximum Gasteiger partial charge on any atom is 0.306 e. The molecule has 0 aliphatic rings. The van der Waals surface area contributed by atoms with Crippen molar-refractivity contribution in [1.82, 2.24) is 0 Å². The maximum absolute atomic E-state index is 12.9. The third kappa shape index (κ3) is 60.3. The number of hydrogen-bond donors (Lipinski definition) is 0. The van der Waals surface area contributed by atoms with Crippen molar-refractivity contribution < 1.29 is 28.6 Å². The van der Waals surface area contributed by atoms with E-state index in [1.165, 1.54) is 116 Å². The van der Waals surface area contributed by atoms with Crippen molar-refractivity contribution in [3.05, 3.63) is 134 Å². The van der Waals surface area contributed by atoms with Crippen molar-refractivity contribution >= 4 is 17.9 Å². The van der Waals surface area contributed by atoms with Crippen molar-refractivity contribution in [2.24, 2.45) is 0 Å². The molecule has 0 bridgehead atoms. The summed E-state index contributed by atoms with van der Waals surface area (Å²) in [4.78, 5) is 38.2. The minimum atomic E-state index is -0.839. The molecule has 0 N–H and O–H groups in total. The second-order valence-corrected chi connectivity index (χ2v) is 19.9. The van der Waals surface area contributed by atoms with Gasteiger partial charge >= 0.3 is 17.9 Å². The molecule has 0 amide bonds. The van der Waals surface area contributed by atoms with E-state index in [0.29, 0.717) is 19.3 Å². The molecule has 0 saturated heterocycles. The van der Waals surface area contributed by atoms with Gasteiger partial charge in [0.15, 0.2) is 6.10 Å². The van der Waals surface area contributed by atoms with Crippen LogP contribution in [0.25, 0.3) is 0 Å². The lowest BCUT2D eigenvalue weighted by Gasteiger charge is -2.18. The highest BCUT2D eigenvalue weighted by Gasteiger charge is 2.19. The van der Waals surface area contributed by atoms with Gasteiger partial charge in [-0.3, -0.25) is 14.4 Å². The molecule has 0 rings (SSSR count). The average Bonchev–Trinajstić information content (AvgIpc) is 3.41. The van der Waals surface area contributed by atoms with E-state index in [4.69, 9.17) is 14.2 Å². The fraction of sp³-hybridized carbons (Fsp3) is 0.638. The third-order valence-electron chi connectivity index (χ3n) is 12.6. The summed E-state index contributed by atoms with van der Waals surface area (Å²) >= 11 is 0. The summed E-state index contributed by atoms with van der Waals surface area (Å²) in [6.07, 6.45) is 87.4. The molecule has 424 valence electrons. The van der Waals surface area contributed by atoms with Crippen LogP contribution in [0.5, 0.6) is 0 Å². The second-order valence-electron chi connectivity index (χ2n) is 19.9. The van der Waals surface area contributed by atoms with E-state index >= 15 is 0 Å². The molecule has 0 aliphatic carbocycles. The molecule has 0 saturated carbocycles. The molecule has 0 fully saturated rings.